The standard InChI is InChI=1S/C18H22F3N3O3/c1-12(10-26-11-18(19,20)21)22-16(25)13-6-8-24(9-7-13)17-23-14-4-2-3-5-15(14)27-17/h2-5,12-13H,6-11H2,1H3,(H,22,25). The van der Waals surface area contributed by atoms with E-state index in [9.17, 15) is 18.0 Å². The van der Waals surface area contributed by atoms with Crippen LogP contribution in [0.3, 0.4) is 0 Å². The van der Waals surface area contributed by atoms with Crippen molar-refractivity contribution in [1.29, 1.82) is 0 Å². The number of rotatable bonds is 6. The van der Waals surface area contributed by atoms with Gasteiger partial charge in [0.1, 0.15) is 12.1 Å². The van der Waals surface area contributed by atoms with E-state index in [1.54, 1.807) is 6.92 Å². The van der Waals surface area contributed by atoms with Gasteiger partial charge in [-0.05, 0) is 31.9 Å². The molecule has 27 heavy (non-hydrogen) atoms. The number of piperidine rings is 1. The molecular formula is C18H22F3N3O3. The second-order valence-corrected chi connectivity index (χ2v) is 6.77. The van der Waals surface area contributed by atoms with Crippen molar-refractivity contribution in [3.05, 3.63) is 24.3 Å². The molecule has 1 aromatic carbocycles. The van der Waals surface area contributed by atoms with Gasteiger partial charge in [0.25, 0.3) is 6.01 Å². The molecular weight excluding hydrogens is 363 g/mol. The molecule has 0 saturated carbocycles. The third-order valence-corrected chi connectivity index (χ3v) is 4.44. The summed E-state index contributed by atoms with van der Waals surface area (Å²) in [4.78, 5) is 18.8. The summed E-state index contributed by atoms with van der Waals surface area (Å²) in [5.74, 6) is -0.342. The zero-order valence-electron chi connectivity index (χ0n) is 15.0. The zero-order chi connectivity index (χ0) is 19.4. The lowest BCUT2D eigenvalue weighted by Gasteiger charge is -2.30. The van der Waals surface area contributed by atoms with E-state index < -0.39 is 18.8 Å². The van der Waals surface area contributed by atoms with E-state index in [0.717, 1.165) is 11.1 Å². The second-order valence-electron chi connectivity index (χ2n) is 6.77. The minimum absolute atomic E-state index is 0.157. The number of halogens is 3. The lowest BCUT2D eigenvalue weighted by atomic mass is 9.96. The SMILES string of the molecule is CC(COCC(F)(F)F)NC(=O)C1CCN(c2nc3ccccc3o2)CC1. The molecule has 0 aliphatic carbocycles. The third kappa shape index (κ3) is 5.35. The summed E-state index contributed by atoms with van der Waals surface area (Å²) >= 11 is 0. The lowest BCUT2D eigenvalue weighted by molar-refractivity contribution is -0.175. The van der Waals surface area contributed by atoms with Crippen molar-refractivity contribution in [2.45, 2.75) is 32.0 Å². The van der Waals surface area contributed by atoms with Gasteiger partial charge in [-0.1, -0.05) is 12.1 Å². The zero-order valence-corrected chi connectivity index (χ0v) is 15.0. The topological polar surface area (TPSA) is 67.6 Å². The fourth-order valence-corrected chi connectivity index (χ4v) is 3.08. The maximum absolute atomic E-state index is 12.3. The van der Waals surface area contributed by atoms with Crippen molar-refractivity contribution >= 4 is 23.0 Å². The third-order valence-electron chi connectivity index (χ3n) is 4.44. The van der Waals surface area contributed by atoms with Gasteiger partial charge in [-0.15, -0.1) is 0 Å². The number of ether oxygens (including phenoxy) is 1. The Kier molecular flexibility index (Phi) is 5.88. The van der Waals surface area contributed by atoms with E-state index in [0.29, 0.717) is 31.9 Å². The predicted octanol–water partition coefficient (Wildman–Crippen LogP) is 3.13. The maximum Gasteiger partial charge on any atom is 0.411 e. The number of fused-ring (bicyclic) bond motifs is 1. The number of anilines is 1. The van der Waals surface area contributed by atoms with Gasteiger partial charge in [0, 0.05) is 25.0 Å². The summed E-state index contributed by atoms with van der Waals surface area (Å²) in [7, 11) is 0. The molecule has 1 amide bonds. The highest BCUT2D eigenvalue weighted by Crippen LogP contribution is 2.26. The Labute approximate surface area is 154 Å². The average molecular weight is 385 g/mol. The first-order valence-electron chi connectivity index (χ1n) is 8.87. The number of aromatic nitrogens is 1. The molecule has 1 saturated heterocycles. The van der Waals surface area contributed by atoms with Crippen LogP contribution in [-0.2, 0) is 9.53 Å². The van der Waals surface area contributed by atoms with Crippen LogP contribution in [0, 0.1) is 5.92 Å². The monoisotopic (exact) mass is 385 g/mol. The molecule has 6 nitrogen and oxygen atoms in total. The van der Waals surface area contributed by atoms with Gasteiger partial charge in [0.15, 0.2) is 5.58 Å². The molecule has 1 fully saturated rings. The van der Waals surface area contributed by atoms with Gasteiger partial charge < -0.3 is 19.4 Å². The smallest absolute Gasteiger partial charge is 0.411 e. The van der Waals surface area contributed by atoms with E-state index in [1.807, 2.05) is 29.2 Å². The summed E-state index contributed by atoms with van der Waals surface area (Å²) < 4.78 is 46.6. The molecule has 1 aromatic heterocycles. The van der Waals surface area contributed by atoms with Crippen LogP contribution in [0.15, 0.2) is 28.7 Å². The Bertz CT molecular complexity index is 737. The van der Waals surface area contributed by atoms with Crippen LogP contribution in [0.25, 0.3) is 11.1 Å². The molecule has 0 spiro atoms. The highest BCUT2D eigenvalue weighted by atomic mass is 19.4. The normalized spacial score (nSPS) is 17.3. The van der Waals surface area contributed by atoms with E-state index in [1.165, 1.54) is 0 Å². The minimum Gasteiger partial charge on any atom is -0.423 e. The second kappa shape index (κ2) is 8.16. The molecule has 1 N–H and O–H groups in total. The van der Waals surface area contributed by atoms with Gasteiger partial charge in [-0.25, -0.2) is 0 Å². The van der Waals surface area contributed by atoms with E-state index in [4.69, 9.17) is 4.42 Å². The maximum atomic E-state index is 12.3. The number of hydrogen-bond donors (Lipinski definition) is 1. The minimum atomic E-state index is -4.36. The number of alkyl halides is 3. The van der Waals surface area contributed by atoms with Crippen LogP contribution in [-0.4, -0.2) is 49.4 Å². The summed E-state index contributed by atoms with van der Waals surface area (Å²) in [6.07, 6.45) is -3.11. The van der Waals surface area contributed by atoms with Crippen molar-refractivity contribution in [2.24, 2.45) is 5.92 Å². The number of benzene rings is 1. The Hall–Kier alpha value is -2.29. The number of carbonyl (C=O) groups is 1. The summed E-state index contributed by atoms with van der Waals surface area (Å²) in [5, 5.41) is 2.72. The molecule has 1 aliphatic heterocycles. The van der Waals surface area contributed by atoms with E-state index >= 15 is 0 Å². The van der Waals surface area contributed by atoms with Gasteiger partial charge >= 0.3 is 6.18 Å². The average Bonchev–Trinajstić information content (AvgIpc) is 3.05. The Morgan fingerprint density at radius 1 is 1.37 bits per heavy atom. The fraction of sp³-hybridized carbons (Fsp3) is 0.556. The van der Waals surface area contributed by atoms with Crippen LogP contribution < -0.4 is 10.2 Å². The van der Waals surface area contributed by atoms with Crippen molar-refractivity contribution in [2.75, 3.05) is 31.2 Å². The summed E-state index contributed by atoms with van der Waals surface area (Å²) in [6, 6.07) is 7.58. The van der Waals surface area contributed by atoms with E-state index in [2.05, 4.69) is 15.0 Å². The molecule has 1 aliphatic rings. The Morgan fingerprint density at radius 2 is 2.07 bits per heavy atom. The summed E-state index contributed by atoms with van der Waals surface area (Å²) in [5.41, 5.74) is 1.51. The predicted molar refractivity (Wildman–Crippen MR) is 93.4 cm³/mol. The number of nitrogens with one attached hydrogen (secondary N) is 1. The first-order valence-corrected chi connectivity index (χ1v) is 8.87. The van der Waals surface area contributed by atoms with Crippen LogP contribution in [0.5, 0.6) is 0 Å². The van der Waals surface area contributed by atoms with Crippen LogP contribution in [0.2, 0.25) is 0 Å². The van der Waals surface area contributed by atoms with Gasteiger partial charge in [-0.2, -0.15) is 18.2 Å². The highest BCUT2D eigenvalue weighted by molar-refractivity contribution is 5.79. The number of amides is 1. The van der Waals surface area contributed by atoms with Crippen molar-refractivity contribution in [3.63, 3.8) is 0 Å². The summed E-state index contributed by atoms with van der Waals surface area (Å²) in [6.45, 7) is 1.40. The lowest BCUT2D eigenvalue weighted by Crippen LogP contribution is -2.44. The first kappa shape index (κ1) is 19.5. The number of nitrogens with zero attached hydrogens (tertiary/aromatic N) is 2. The Balaban J connectivity index is 1.45. The van der Waals surface area contributed by atoms with Crippen molar-refractivity contribution < 1.29 is 27.1 Å². The van der Waals surface area contributed by atoms with Crippen LogP contribution in [0.1, 0.15) is 19.8 Å². The molecule has 0 radical (unpaired) electrons. The molecule has 1 unspecified atom stereocenters. The highest BCUT2D eigenvalue weighted by Gasteiger charge is 2.29. The van der Waals surface area contributed by atoms with Crippen LogP contribution >= 0.6 is 0 Å². The number of hydrogen-bond acceptors (Lipinski definition) is 5. The largest absolute Gasteiger partial charge is 0.423 e. The quantitative estimate of drug-likeness (QED) is 0.828. The number of carbonyl (C=O) groups excluding carboxylic acids is 1. The number of para-hydroxylation sites is 2. The number of oxazole rings is 1. The Morgan fingerprint density at radius 3 is 2.74 bits per heavy atom. The fourth-order valence-electron chi connectivity index (χ4n) is 3.08. The molecule has 9 heteroatoms. The van der Waals surface area contributed by atoms with Gasteiger partial charge in [0.2, 0.25) is 5.91 Å². The van der Waals surface area contributed by atoms with Gasteiger partial charge in [0.05, 0.1) is 6.61 Å². The van der Waals surface area contributed by atoms with Gasteiger partial charge in [-0.3, -0.25) is 4.79 Å². The van der Waals surface area contributed by atoms with Crippen molar-refractivity contribution in [3.8, 4) is 0 Å². The molecule has 2 aromatic rings. The molecule has 2 heterocycles. The molecule has 148 valence electrons. The first-order chi connectivity index (χ1) is 12.8. The van der Waals surface area contributed by atoms with E-state index in [-0.39, 0.29) is 18.4 Å². The van der Waals surface area contributed by atoms with Crippen molar-refractivity contribution in [1.82, 2.24) is 10.3 Å². The molecule has 0 bridgehead atoms. The molecule has 1 atom stereocenters. The molecule has 3 rings (SSSR count). The van der Waals surface area contributed by atoms with Crippen LogP contribution in [0.4, 0.5) is 19.2 Å².